The number of nitrogens with one attached hydrogen (secondary N) is 1. The van der Waals surface area contributed by atoms with Gasteiger partial charge < -0.3 is 10.8 Å². The van der Waals surface area contributed by atoms with Gasteiger partial charge in [-0.2, -0.15) is 17.4 Å². The quantitative estimate of drug-likeness (QED) is 0.707. The molecule has 0 saturated carbocycles. The summed E-state index contributed by atoms with van der Waals surface area (Å²) in [5.41, 5.74) is 6.83. The Hall–Kier alpha value is -1.15. The van der Waals surface area contributed by atoms with Crippen LogP contribution in [0.3, 0.4) is 0 Å². The Balaban J connectivity index is 1.96. The molecule has 2 atom stereocenters. The third-order valence-corrected chi connectivity index (χ3v) is 5.52. The van der Waals surface area contributed by atoms with E-state index in [-0.39, 0.29) is 12.6 Å². The van der Waals surface area contributed by atoms with Crippen molar-refractivity contribution in [1.29, 1.82) is 0 Å². The van der Waals surface area contributed by atoms with E-state index >= 15 is 0 Å². The van der Waals surface area contributed by atoms with E-state index in [4.69, 9.17) is 5.73 Å². The Kier molecular flexibility index (Phi) is 5.21. The maximum Gasteiger partial charge on any atom is 0.279 e. The molecule has 7 heteroatoms. The molecule has 1 saturated heterocycles. The van der Waals surface area contributed by atoms with Crippen LogP contribution in [0.25, 0.3) is 0 Å². The summed E-state index contributed by atoms with van der Waals surface area (Å²) < 4.78 is 28.5. The predicted molar refractivity (Wildman–Crippen MR) is 82.8 cm³/mol. The fraction of sp³-hybridized carbons (Fsp3) is 0.571. The average molecular weight is 313 g/mol. The molecule has 6 nitrogen and oxygen atoms in total. The van der Waals surface area contributed by atoms with Gasteiger partial charge in [0.1, 0.15) is 0 Å². The molecule has 0 bridgehead atoms. The molecule has 2 unspecified atom stereocenters. The number of aliphatic hydroxyl groups excluding tert-OH is 1. The number of nitrogens with two attached hydrogens (primary N) is 1. The lowest BCUT2D eigenvalue weighted by Gasteiger charge is -2.32. The van der Waals surface area contributed by atoms with Crippen molar-refractivity contribution >= 4 is 15.9 Å². The molecule has 1 aromatic rings. The van der Waals surface area contributed by atoms with Crippen molar-refractivity contribution in [3.05, 3.63) is 29.8 Å². The molecule has 1 fully saturated rings. The summed E-state index contributed by atoms with van der Waals surface area (Å²) in [6.07, 6.45) is 1.93. The molecule has 0 aliphatic carbocycles. The highest BCUT2D eigenvalue weighted by atomic mass is 32.2. The summed E-state index contributed by atoms with van der Waals surface area (Å²) in [6.45, 7) is 2.40. The Bertz CT molecular complexity index is 559. The fourth-order valence-corrected chi connectivity index (χ4v) is 4.01. The first-order valence-electron chi connectivity index (χ1n) is 7.20. The molecule has 0 radical (unpaired) electrons. The second kappa shape index (κ2) is 6.74. The van der Waals surface area contributed by atoms with Crippen molar-refractivity contribution in [3.8, 4) is 0 Å². The van der Waals surface area contributed by atoms with Gasteiger partial charge in [0.05, 0.1) is 6.10 Å². The van der Waals surface area contributed by atoms with Crippen LogP contribution in [0, 0.1) is 0 Å². The number of piperidine rings is 1. The van der Waals surface area contributed by atoms with E-state index in [9.17, 15) is 13.5 Å². The molecule has 1 heterocycles. The minimum absolute atomic E-state index is 0.00455. The van der Waals surface area contributed by atoms with E-state index in [0.29, 0.717) is 17.8 Å². The van der Waals surface area contributed by atoms with Crippen LogP contribution in [0.2, 0.25) is 0 Å². The summed E-state index contributed by atoms with van der Waals surface area (Å²) >= 11 is 0. The number of aliphatic hydroxyl groups is 1. The minimum Gasteiger partial charge on any atom is -0.399 e. The molecule has 1 aromatic carbocycles. The minimum atomic E-state index is -3.55. The van der Waals surface area contributed by atoms with Crippen LogP contribution in [-0.2, 0) is 10.2 Å². The van der Waals surface area contributed by atoms with E-state index in [0.717, 1.165) is 19.3 Å². The summed E-state index contributed by atoms with van der Waals surface area (Å²) in [6, 6.07) is 6.75. The highest BCUT2D eigenvalue weighted by molar-refractivity contribution is 7.87. The molecule has 0 spiro atoms. The number of nitrogen functional groups attached to an aromatic ring is 1. The second-order valence-corrected chi connectivity index (χ2v) is 7.20. The van der Waals surface area contributed by atoms with Crippen LogP contribution >= 0.6 is 0 Å². The van der Waals surface area contributed by atoms with E-state index in [1.54, 1.807) is 24.3 Å². The van der Waals surface area contributed by atoms with Gasteiger partial charge in [0.15, 0.2) is 0 Å². The van der Waals surface area contributed by atoms with Gasteiger partial charge in [-0.3, -0.25) is 0 Å². The second-order valence-electron chi connectivity index (χ2n) is 5.49. The van der Waals surface area contributed by atoms with Gasteiger partial charge >= 0.3 is 0 Å². The van der Waals surface area contributed by atoms with Crippen LogP contribution in [0.15, 0.2) is 24.3 Å². The van der Waals surface area contributed by atoms with E-state index < -0.39 is 16.3 Å². The smallest absolute Gasteiger partial charge is 0.279 e. The van der Waals surface area contributed by atoms with Crippen LogP contribution in [0.5, 0.6) is 0 Å². The molecule has 21 heavy (non-hydrogen) atoms. The average Bonchev–Trinajstić information content (AvgIpc) is 2.46. The zero-order valence-corrected chi connectivity index (χ0v) is 13.0. The monoisotopic (exact) mass is 313 g/mol. The Labute approximate surface area is 126 Å². The number of anilines is 1. The van der Waals surface area contributed by atoms with Crippen LogP contribution < -0.4 is 10.5 Å². The first kappa shape index (κ1) is 16.2. The third-order valence-electron chi connectivity index (χ3n) is 3.83. The van der Waals surface area contributed by atoms with E-state index in [1.165, 1.54) is 4.31 Å². The first-order valence-corrected chi connectivity index (χ1v) is 8.64. The van der Waals surface area contributed by atoms with E-state index in [2.05, 4.69) is 4.72 Å². The number of hydrogen-bond acceptors (Lipinski definition) is 4. The van der Waals surface area contributed by atoms with Crippen LogP contribution in [-0.4, -0.2) is 37.0 Å². The predicted octanol–water partition coefficient (Wildman–Crippen LogP) is 1.01. The highest BCUT2D eigenvalue weighted by Crippen LogP contribution is 2.20. The van der Waals surface area contributed by atoms with Crippen molar-refractivity contribution in [2.24, 2.45) is 0 Å². The number of hydrogen-bond donors (Lipinski definition) is 3. The molecule has 1 aliphatic rings. The van der Waals surface area contributed by atoms with Gasteiger partial charge in [0.2, 0.25) is 0 Å². The standard InChI is InChI=1S/C14H23N3O3S/c1-11-4-2-3-9-17(11)21(19,20)16-10-14(18)12-5-7-13(15)8-6-12/h5-8,11,14,16,18H,2-4,9-10,15H2,1H3. The van der Waals surface area contributed by atoms with Crippen LogP contribution in [0.1, 0.15) is 37.9 Å². The number of benzene rings is 1. The molecule has 1 aliphatic heterocycles. The Morgan fingerprint density at radius 1 is 1.38 bits per heavy atom. The number of rotatable bonds is 5. The summed E-state index contributed by atoms with van der Waals surface area (Å²) in [5, 5.41) is 10.1. The van der Waals surface area contributed by atoms with Crippen molar-refractivity contribution in [2.45, 2.75) is 38.3 Å². The molecule has 4 N–H and O–H groups in total. The number of nitrogens with zero attached hydrogens (tertiary/aromatic N) is 1. The largest absolute Gasteiger partial charge is 0.399 e. The molecule has 2 rings (SSSR count). The summed E-state index contributed by atoms with van der Waals surface area (Å²) in [5.74, 6) is 0. The van der Waals surface area contributed by atoms with Gasteiger partial charge in [-0.15, -0.1) is 0 Å². The summed E-state index contributed by atoms with van der Waals surface area (Å²) in [4.78, 5) is 0. The lowest BCUT2D eigenvalue weighted by molar-refractivity contribution is 0.179. The normalized spacial score (nSPS) is 22.1. The van der Waals surface area contributed by atoms with Gasteiger partial charge in [-0.05, 0) is 37.5 Å². The van der Waals surface area contributed by atoms with E-state index in [1.807, 2.05) is 6.92 Å². The highest BCUT2D eigenvalue weighted by Gasteiger charge is 2.29. The summed E-state index contributed by atoms with van der Waals surface area (Å²) in [7, 11) is -3.55. The Morgan fingerprint density at radius 2 is 2.05 bits per heavy atom. The molecular formula is C14H23N3O3S. The molecule has 0 amide bonds. The zero-order chi connectivity index (χ0) is 15.5. The lowest BCUT2D eigenvalue weighted by Crippen LogP contribution is -2.48. The van der Waals surface area contributed by atoms with Crippen molar-refractivity contribution in [3.63, 3.8) is 0 Å². The third kappa shape index (κ3) is 4.16. The topological polar surface area (TPSA) is 95.7 Å². The zero-order valence-electron chi connectivity index (χ0n) is 12.2. The molecule has 0 aromatic heterocycles. The Morgan fingerprint density at radius 3 is 2.67 bits per heavy atom. The lowest BCUT2D eigenvalue weighted by atomic mass is 10.1. The van der Waals surface area contributed by atoms with Crippen LogP contribution in [0.4, 0.5) is 5.69 Å². The van der Waals surface area contributed by atoms with Crippen molar-refractivity contribution < 1.29 is 13.5 Å². The molecule has 118 valence electrons. The van der Waals surface area contributed by atoms with Gasteiger partial charge in [0, 0.05) is 24.8 Å². The fourth-order valence-electron chi connectivity index (χ4n) is 2.53. The molecular weight excluding hydrogens is 290 g/mol. The maximum absolute atomic E-state index is 12.3. The maximum atomic E-state index is 12.3. The SMILES string of the molecule is CC1CCCCN1S(=O)(=O)NCC(O)c1ccc(N)cc1. The van der Waals surface area contributed by atoms with Gasteiger partial charge in [0.25, 0.3) is 10.2 Å². The van der Waals surface area contributed by atoms with Gasteiger partial charge in [-0.25, -0.2) is 0 Å². The van der Waals surface area contributed by atoms with Crippen molar-refractivity contribution in [1.82, 2.24) is 9.03 Å². The first-order chi connectivity index (χ1) is 9.90. The van der Waals surface area contributed by atoms with Crippen molar-refractivity contribution in [2.75, 3.05) is 18.8 Å². The van der Waals surface area contributed by atoms with Gasteiger partial charge in [-0.1, -0.05) is 18.6 Å².